The molecule has 0 amide bonds. The van der Waals surface area contributed by atoms with E-state index < -0.39 is 0 Å². The Labute approximate surface area is 121 Å². The summed E-state index contributed by atoms with van der Waals surface area (Å²) in [6.07, 6.45) is 3.14. The van der Waals surface area contributed by atoms with E-state index in [0.717, 1.165) is 11.3 Å². The summed E-state index contributed by atoms with van der Waals surface area (Å²) in [6, 6.07) is 9.11. The van der Waals surface area contributed by atoms with E-state index in [1.54, 1.807) is 19.4 Å². The number of methoxy groups -OCH3 is 1. The number of pyridine rings is 1. The molecular weight excluding hydrogens is 285 g/mol. The fourth-order valence-electron chi connectivity index (χ4n) is 1.39. The molecule has 1 aromatic carbocycles. The van der Waals surface area contributed by atoms with Gasteiger partial charge in [0.1, 0.15) is 5.75 Å². The molecule has 0 saturated carbocycles. The number of ether oxygens (including phenoxy) is 1. The molecule has 1 heterocycles. The maximum atomic E-state index is 5.96. The lowest BCUT2D eigenvalue weighted by atomic mass is 10.2. The number of benzene rings is 1. The Morgan fingerprint density at radius 3 is 2.89 bits per heavy atom. The van der Waals surface area contributed by atoms with Gasteiger partial charge in [0, 0.05) is 6.20 Å². The quantitative estimate of drug-likeness (QED) is 0.688. The molecule has 0 aliphatic carbocycles. The SMILES string of the molecule is COc1cccc(/C=N\Nc2ncc(Cl)cc2Cl)c1. The van der Waals surface area contributed by atoms with Crippen molar-refractivity contribution in [1.29, 1.82) is 0 Å². The van der Waals surface area contributed by atoms with Crippen molar-refractivity contribution in [3.63, 3.8) is 0 Å². The molecule has 0 unspecified atom stereocenters. The molecule has 6 heteroatoms. The topological polar surface area (TPSA) is 46.5 Å². The lowest BCUT2D eigenvalue weighted by Crippen LogP contribution is -1.94. The summed E-state index contributed by atoms with van der Waals surface area (Å²) in [6.45, 7) is 0. The third-order valence-corrected chi connectivity index (χ3v) is 2.78. The standard InChI is InChI=1S/C13H11Cl2N3O/c1-19-11-4-2-3-9(5-11)7-17-18-13-12(15)6-10(14)8-16-13/h2-8H,1H3,(H,16,18)/b17-7-. The van der Waals surface area contributed by atoms with Crippen LogP contribution in [0.4, 0.5) is 5.82 Å². The van der Waals surface area contributed by atoms with Gasteiger partial charge in [-0.25, -0.2) is 4.98 Å². The van der Waals surface area contributed by atoms with Crippen molar-refractivity contribution < 1.29 is 4.74 Å². The minimum absolute atomic E-state index is 0.412. The molecule has 4 nitrogen and oxygen atoms in total. The third kappa shape index (κ3) is 3.84. The van der Waals surface area contributed by atoms with E-state index in [9.17, 15) is 0 Å². The zero-order valence-electron chi connectivity index (χ0n) is 10.1. The second kappa shape index (κ2) is 6.41. The van der Waals surface area contributed by atoms with Crippen LogP contribution < -0.4 is 10.2 Å². The van der Waals surface area contributed by atoms with E-state index in [-0.39, 0.29) is 0 Å². The molecule has 19 heavy (non-hydrogen) atoms. The van der Waals surface area contributed by atoms with Gasteiger partial charge in [0.2, 0.25) is 0 Å². The number of aromatic nitrogens is 1. The summed E-state index contributed by atoms with van der Waals surface area (Å²) in [5.41, 5.74) is 3.65. The van der Waals surface area contributed by atoms with Crippen LogP contribution in [0.25, 0.3) is 0 Å². The fraction of sp³-hybridized carbons (Fsp3) is 0.0769. The average molecular weight is 296 g/mol. The van der Waals surface area contributed by atoms with Gasteiger partial charge in [-0.05, 0) is 23.8 Å². The highest BCUT2D eigenvalue weighted by Crippen LogP contribution is 2.22. The first kappa shape index (κ1) is 13.6. The highest BCUT2D eigenvalue weighted by molar-refractivity contribution is 6.35. The summed E-state index contributed by atoms with van der Waals surface area (Å²) < 4.78 is 5.12. The molecule has 0 saturated heterocycles. The fourth-order valence-corrected chi connectivity index (χ4v) is 1.81. The number of nitrogens with zero attached hydrogens (tertiary/aromatic N) is 2. The smallest absolute Gasteiger partial charge is 0.165 e. The van der Waals surface area contributed by atoms with Crippen molar-refractivity contribution in [1.82, 2.24) is 4.98 Å². The minimum atomic E-state index is 0.412. The lowest BCUT2D eigenvalue weighted by molar-refractivity contribution is 0.415. The van der Waals surface area contributed by atoms with E-state index in [4.69, 9.17) is 27.9 Å². The van der Waals surface area contributed by atoms with Gasteiger partial charge in [-0.2, -0.15) is 5.10 Å². The van der Waals surface area contributed by atoms with Crippen LogP contribution in [0.1, 0.15) is 5.56 Å². The summed E-state index contributed by atoms with van der Waals surface area (Å²) in [5.74, 6) is 1.22. The van der Waals surface area contributed by atoms with Gasteiger partial charge in [-0.15, -0.1) is 0 Å². The van der Waals surface area contributed by atoms with Gasteiger partial charge in [-0.1, -0.05) is 35.3 Å². The molecule has 0 atom stereocenters. The molecule has 1 N–H and O–H groups in total. The predicted molar refractivity (Wildman–Crippen MR) is 78.5 cm³/mol. The van der Waals surface area contributed by atoms with Gasteiger partial charge in [0.25, 0.3) is 0 Å². The number of halogens is 2. The van der Waals surface area contributed by atoms with Gasteiger partial charge in [0.05, 0.1) is 23.4 Å². The number of hydrogen-bond acceptors (Lipinski definition) is 4. The van der Waals surface area contributed by atoms with Crippen LogP contribution in [0.15, 0.2) is 41.6 Å². The van der Waals surface area contributed by atoms with E-state index in [1.165, 1.54) is 6.20 Å². The molecule has 0 radical (unpaired) electrons. The Balaban J connectivity index is 2.06. The first-order valence-electron chi connectivity index (χ1n) is 5.43. The van der Waals surface area contributed by atoms with Crippen molar-refractivity contribution in [2.24, 2.45) is 5.10 Å². The molecule has 0 aliphatic rings. The number of hydrogen-bond donors (Lipinski definition) is 1. The first-order valence-corrected chi connectivity index (χ1v) is 6.19. The maximum Gasteiger partial charge on any atom is 0.165 e. The van der Waals surface area contributed by atoms with Crippen molar-refractivity contribution >= 4 is 35.2 Å². The summed E-state index contributed by atoms with van der Waals surface area (Å²) in [7, 11) is 1.62. The Hall–Kier alpha value is -1.78. The van der Waals surface area contributed by atoms with Crippen LogP contribution in [0.3, 0.4) is 0 Å². The van der Waals surface area contributed by atoms with Crippen LogP contribution >= 0.6 is 23.2 Å². The van der Waals surface area contributed by atoms with Crippen LogP contribution in [0.5, 0.6) is 5.75 Å². The minimum Gasteiger partial charge on any atom is -0.497 e. The lowest BCUT2D eigenvalue weighted by Gasteiger charge is -2.02. The predicted octanol–water partition coefficient (Wildman–Crippen LogP) is 3.84. The largest absolute Gasteiger partial charge is 0.497 e. The summed E-state index contributed by atoms with van der Waals surface area (Å²) in [5, 5.41) is 4.95. The normalized spacial score (nSPS) is 10.7. The molecule has 98 valence electrons. The highest BCUT2D eigenvalue weighted by Gasteiger charge is 2.00. The molecule has 2 rings (SSSR count). The van der Waals surface area contributed by atoms with E-state index in [1.807, 2.05) is 24.3 Å². The Morgan fingerprint density at radius 1 is 1.32 bits per heavy atom. The molecule has 1 aromatic heterocycles. The first-order chi connectivity index (χ1) is 9.19. The van der Waals surface area contributed by atoms with Gasteiger partial charge < -0.3 is 4.74 Å². The van der Waals surface area contributed by atoms with Gasteiger partial charge in [-0.3, -0.25) is 5.43 Å². The van der Waals surface area contributed by atoms with Crippen LogP contribution in [-0.4, -0.2) is 18.3 Å². The van der Waals surface area contributed by atoms with Crippen LogP contribution in [0, 0.1) is 0 Å². The van der Waals surface area contributed by atoms with Crippen molar-refractivity contribution in [2.75, 3.05) is 12.5 Å². The number of anilines is 1. The van der Waals surface area contributed by atoms with E-state index in [2.05, 4.69) is 15.5 Å². The number of rotatable bonds is 4. The summed E-state index contributed by atoms with van der Waals surface area (Å²) in [4.78, 5) is 4.03. The zero-order chi connectivity index (χ0) is 13.7. The molecule has 2 aromatic rings. The van der Waals surface area contributed by atoms with Crippen LogP contribution in [-0.2, 0) is 0 Å². The highest BCUT2D eigenvalue weighted by atomic mass is 35.5. The zero-order valence-corrected chi connectivity index (χ0v) is 11.6. The van der Waals surface area contributed by atoms with Crippen molar-refractivity contribution in [2.45, 2.75) is 0 Å². The van der Waals surface area contributed by atoms with Crippen molar-refractivity contribution in [3.05, 3.63) is 52.1 Å². The Bertz CT molecular complexity index is 602. The average Bonchev–Trinajstić information content (AvgIpc) is 2.41. The molecule has 0 aliphatic heterocycles. The Morgan fingerprint density at radius 2 is 2.16 bits per heavy atom. The monoisotopic (exact) mass is 295 g/mol. The number of nitrogens with one attached hydrogen (secondary N) is 1. The number of hydrazone groups is 1. The third-order valence-electron chi connectivity index (χ3n) is 2.29. The molecule has 0 bridgehead atoms. The Kier molecular flexibility index (Phi) is 4.60. The molecular formula is C13H11Cl2N3O. The van der Waals surface area contributed by atoms with Gasteiger partial charge in [0.15, 0.2) is 5.82 Å². The summed E-state index contributed by atoms with van der Waals surface area (Å²) >= 11 is 11.7. The van der Waals surface area contributed by atoms with Crippen LogP contribution in [0.2, 0.25) is 10.0 Å². The maximum absolute atomic E-state index is 5.96. The second-order valence-electron chi connectivity index (χ2n) is 3.63. The molecule has 0 fully saturated rings. The van der Waals surface area contributed by atoms with E-state index in [0.29, 0.717) is 15.9 Å². The molecule has 0 spiro atoms. The van der Waals surface area contributed by atoms with Crippen molar-refractivity contribution in [3.8, 4) is 5.75 Å². The van der Waals surface area contributed by atoms with E-state index >= 15 is 0 Å². The second-order valence-corrected chi connectivity index (χ2v) is 4.47. The van der Waals surface area contributed by atoms with Gasteiger partial charge >= 0.3 is 0 Å².